The van der Waals surface area contributed by atoms with Crippen molar-refractivity contribution in [3.05, 3.63) is 82.7 Å². The van der Waals surface area contributed by atoms with Crippen LogP contribution < -0.4 is 14.4 Å². The molecule has 0 radical (unpaired) electrons. The average molecular weight is 670 g/mol. The zero-order valence-electron chi connectivity index (χ0n) is 24.1. The third-order valence-corrected chi connectivity index (χ3v) is 9.56. The Bertz CT molecular complexity index is 1940. The predicted molar refractivity (Wildman–Crippen MR) is 154 cm³/mol. The molecule has 1 atom stereocenters. The van der Waals surface area contributed by atoms with Gasteiger partial charge in [-0.25, -0.2) is 35.9 Å². The number of ether oxygens (including phenoxy) is 1. The molecular formula is C30H26F7N5O3S. The number of hydrogen-bond acceptors (Lipinski definition) is 7. The molecule has 1 saturated heterocycles. The molecule has 0 unspecified atom stereocenters. The van der Waals surface area contributed by atoms with Crippen LogP contribution in [0.2, 0.25) is 0 Å². The first-order valence-electron chi connectivity index (χ1n) is 14.2. The van der Waals surface area contributed by atoms with Crippen LogP contribution in [0.15, 0.2) is 47.4 Å². The van der Waals surface area contributed by atoms with E-state index >= 15 is 0 Å². The number of anilines is 2. The number of likely N-dealkylation sites (N-methyl/N-ethyl adjacent to an activating group) is 1. The maximum absolute atomic E-state index is 14.7. The Morgan fingerprint density at radius 3 is 2.37 bits per heavy atom. The monoisotopic (exact) mass is 669 g/mol. The fourth-order valence-corrected chi connectivity index (χ4v) is 7.12. The van der Waals surface area contributed by atoms with Crippen LogP contribution in [0.3, 0.4) is 0 Å². The SMILES string of the molecule is CN1CCC[C@H]1COc1nc2c(nc1NS(=O)(=O)c1c(F)c(F)c(F)c(F)c1C(F)(F)F)CCN(c1cccc3ccccc13)C2. The van der Waals surface area contributed by atoms with Gasteiger partial charge in [-0.3, -0.25) is 4.72 Å². The van der Waals surface area contributed by atoms with Gasteiger partial charge < -0.3 is 14.5 Å². The van der Waals surface area contributed by atoms with Crippen molar-refractivity contribution in [1.82, 2.24) is 14.9 Å². The summed E-state index contributed by atoms with van der Waals surface area (Å²) >= 11 is 0. The van der Waals surface area contributed by atoms with Gasteiger partial charge in [0, 0.05) is 30.1 Å². The molecule has 2 aliphatic rings. The highest BCUT2D eigenvalue weighted by Gasteiger charge is 2.46. The van der Waals surface area contributed by atoms with E-state index in [1.807, 2.05) is 59.3 Å². The van der Waals surface area contributed by atoms with Gasteiger partial charge in [0.15, 0.2) is 23.3 Å². The summed E-state index contributed by atoms with van der Waals surface area (Å²) in [7, 11) is -3.94. The lowest BCUT2D eigenvalue weighted by molar-refractivity contribution is -0.143. The molecule has 2 aliphatic heterocycles. The van der Waals surface area contributed by atoms with Gasteiger partial charge in [0.05, 0.1) is 17.9 Å². The minimum absolute atomic E-state index is 0.00625. The van der Waals surface area contributed by atoms with E-state index in [4.69, 9.17) is 4.74 Å². The van der Waals surface area contributed by atoms with Gasteiger partial charge in [-0.15, -0.1) is 0 Å². The van der Waals surface area contributed by atoms with Crippen molar-refractivity contribution in [2.24, 2.45) is 0 Å². The van der Waals surface area contributed by atoms with Gasteiger partial charge in [-0.2, -0.15) is 13.2 Å². The molecule has 0 aliphatic carbocycles. The van der Waals surface area contributed by atoms with E-state index < -0.39 is 61.6 Å². The second kappa shape index (κ2) is 11.9. The first kappa shape index (κ1) is 31.8. The van der Waals surface area contributed by atoms with Crippen molar-refractivity contribution in [3.63, 3.8) is 0 Å². The van der Waals surface area contributed by atoms with Gasteiger partial charge in [-0.05, 0) is 37.9 Å². The number of alkyl halides is 3. The number of hydrogen-bond donors (Lipinski definition) is 1. The highest BCUT2D eigenvalue weighted by molar-refractivity contribution is 7.92. The Morgan fingerprint density at radius 2 is 1.65 bits per heavy atom. The average Bonchev–Trinajstić information content (AvgIpc) is 3.43. The quantitative estimate of drug-likeness (QED) is 0.146. The number of nitrogens with one attached hydrogen (secondary N) is 1. The Balaban J connectivity index is 1.41. The van der Waals surface area contributed by atoms with Crippen molar-refractivity contribution < 1.29 is 43.9 Å². The summed E-state index contributed by atoms with van der Waals surface area (Å²) in [6, 6.07) is 13.4. The first-order valence-corrected chi connectivity index (χ1v) is 15.7. The van der Waals surface area contributed by atoms with E-state index in [1.54, 1.807) is 4.72 Å². The molecule has 8 nitrogen and oxygen atoms in total. The van der Waals surface area contributed by atoms with E-state index in [1.165, 1.54) is 0 Å². The first-order chi connectivity index (χ1) is 21.8. The van der Waals surface area contributed by atoms with Crippen molar-refractivity contribution in [2.45, 2.75) is 42.9 Å². The van der Waals surface area contributed by atoms with E-state index in [0.717, 1.165) is 35.8 Å². The highest BCUT2D eigenvalue weighted by atomic mass is 32.2. The molecular weight excluding hydrogens is 643 g/mol. The van der Waals surface area contributed by atoms with Gasteiger partial charge in [0.25, 0.3) is 15.9 Å². The van der Waals surface area contributed by atoms with Crippen molar-refractivity contribution in [3.8, 4) is 5.88 Å². The van der Waals surface area contributed by atoms with Crippen LogP contribution in [0.25, 0.3) is 10.8 Å². The zero-order chi connectivity index (χ0) is 33.0. The third kappa shape index (κ3) is 5.79. The second-order valence-electron chi connectivity index (χ2n) is 11.1. The summed E-state index contributed by atoms with van der Waals surface area (Å²) in [5.74, 6) is -12.3. The number of sulfonamides is 1. The molecule has 1 fully saturated rings. The van der Waals surface area contributed by atoms with Crippen LogP contribution >= 0.6 is 0 Å². The van der Waals surface area contributed by atoms with Crippen molar-refractivity contribution >= 4 is 32.3 Å². The third-order valence-electron chi connectivity index (χ3n) is 8.18. The van der Waals surface area contributed by atoms with E-state index in [2.05, 4.69) is 9.97 Å². The van der Waals surface area contributed by atoms with Crippen LogP contribution in [0.5, 0.6) is 5.88 Å². The molecule has 1 aromatic heterocycles. The molecule has 4 aromatic rings. The lowest BCUT2D eigenvalue weighted by Crippen LogP contribution is -2.33. The van der Waals surface area contributed by atoms with Crippen LogP contribution in [0.4, 0.5) is 42.2 Å². The Labute approximate surface area is 258 Å². The Kier molecular flexibility index (Phi) is 8.21. The Morgan fingerprint density at radius 1 is 0.935 bits per heavy atom. The fourth-order valence-electron chi connectivity index (χ4n) is 5.83. The van der Waals surface area contributed by atoms with Gasteiger partial charge in [0.2, 0.25) is 5.82 Å². The number of benzene rings is 3. The summed E-state index contributed by atoms with van der Waals surface area (Å²) in [6.45, 7) is 1.37. The summed E-state index contributed by atoms with van der Waals surface area (Å²) < 4.78 is 132. The van der Waals surface area contributed by atoms with E-state index in [-0.39, 0.29) is 31.3 Å². The number of likely N-dealkylation sites (tertiary alicyclic amines) is 1. The summed E-state index contributed by atoms with van der Waals surface area (Å²) in [6.07, 6.45) is -4.10. The largest absolute Gasteiger partial charge is 0.473 e. The van der Waals surface area contributed by atoms with Crippen LogP contribution in [-0.2, 0) is 29.2 Å². The van der Waals surface area contributed by atoms with Gasteiger partial charge >= 0.3 is 6.18 Å². The summed E-state index contributed by atoms with van der Waals surface area (Å²) in [5, 5.41) is 1.98. The minimum Gasteiger partial charge on any atom is -0.473 e. The molecule has 0 saturated carbocycles. The van der Waals surface area contributed by atoms with E-state index in [0.29, 0.717) is 12.2 Å². The molecule has 0 bridgehead atoms. The minimum atomic E-state index is -5.91. The lowest BCUT2D eigenvalue weighted by atomic mass is 10.0. The molecule has 0 spiro atoms. The number of halogens is 7. The van der Waals surface area contributed by atoms with Gasteiger partial charge in [0.1, 0.15) is 17.1 Å². The second-order valence-corrected chi connectivity index (χ2v) is 12.7. The summed E-state index contributed by atoms with van der Waals surface area (Å²) in [5.41, 5.74) is -1.27. The highest BCUT2D eigenvalue weighted by Crippen LogP contribution is 2.41. The number of rotatable bonds is 7. The standard InChI is InChI=1S/C30H26F7N5O3S/c1-41-12-5-8-17(41)15-45-29-28(40-46(43,44)27-22(30(35,36)37)23(31)24(32)25(33)26(27)34)38-19-11-13-42(14-20(19)39-29)21-10-4-7-16-6-2-3-9-18(16)21/h2-4,6-7,9-10,17H,5,8,11-15H2,1H3,(H,38,40)/t17-/m0/s1. The molecule has 3 aromatic carbocycles. The molecule has 244 valence electrons. The topological polar surface area (TPSA) is 87.7 Å². The van der Waals surface area contributed by atoms with Crippen LogP contribution in [-0.4, -0.2) is 56.1 Å². The predicted octanol–water partition coefficient (Wildman–Crippen LogP) is 6.04. The molecule has 1 N–H and O–H groups in total. The maximum Gasteiger partial charge on any atom is 0.420 e. The van der Waals surface area contributed by atoms with Gasteiger partial charge in [-0.1, -0.05) is 36.4 Å². The maximum atomic E-state index is 14.7. The number of fused-ring (bicyclic) bond motifs is 2. The zero-order valence-corrected chi connectivity index (χ0v) is 25.0. The van der Waals surface area contributed by atoms with Crippen LogP contribution in [0, 0.1) is 23.3 Å². The lowest BCUT2D eigenvalue weighted by Gasteiger charge is -2.31. The smallest absolute Gasteiger partial charge is 0.420 e. The van der Waals surface area contributed by atoms with Crippen molar-refractivity contribution in [1.29, 1.82) is 0 Å². The molecule has 3 heterocycles. The number of aromatic nitrogens is 2. The van der Waals surface area contributed by atoms with E-state index in [9.17, 15) is 39.2 Å². The van der Waals surface area contributed by atoms with Crippen molar-refractivity contribution in [2.75, 3.05) is 36.4 Å². The summed E-state index contributed by atoms with van der Waals surface area (Å²) in [4.78, 5) is 10.3. The molecule has 16 heteroatoms. The molecule has 6 rings (SSSR count). The number of nitrogens with zero attached hydrogens (tertiary/aromatic N) is 4. The molecule has 46 heavy (non-hydrogen) atoms. The Hall–Kier alpha value is -4.18. The van der Waals surface area contributed by atoms with Crippen LogP contribution in [0.1, 0.15) is 29.8 Å². The normalized spacial score (nSPS) is 17.4. The molecule has 0 amide bonds. The fraction of sp³-hybridized carbons (Fsp3) is 0.333.